The molecule has 0 aromatic rings. The zero-order valence-electron chi connectivity index (χ0n) is 8.26. The van der Waals surface area contributed by atoms with Crippen LogP contribution in [0.25, 0.3) is 0 Å². The van der Waals surface area contributed by atoms with Gasteiger partial charge in [0.1, 0.15) is 0 Å². The van der Waals surface area contributed by atoms with E-state index in [1.54, 1.807) is 7.11 Å². The molecule has 0 saturated carbocycles. The summed E-state index contributed by atoms with van der Waals surface area (Å²) in [5.41, 5.74) is 5.87. The minimum atomic E-state index is -0.209. The summed E-state index contributed by atoms with van der Waals surface area (Å²) < 4.78 is 4.98. The molecule has 3 heteroatoms. The number of nitrogens with two attached hydrogens (primary N) is 1. The molecule has 13 heavy (non-hydrogen) atoms. The van der Waals surface area contributed by atoms with E-state index in [4.69, 9.17) is 10.5 Å². The lowest BCUT2D eigenvalue weighted by Gasteiger charge is -2.26. The molecule has 0 aliphatic heterocycles. The lowest BCUT2D eigenvalue weighted by molar-refractivity contribution is -0.00000382. The summed E-state index contributed by atoms with van der Waals surface area (Å²) in [7, 11) is 1.68. The molecule has 2 nitrogen and oxygen atoms in total. The molecule has 0 amide bonds. The fraction of sp³-hybridized carbons (Fsp3) is 0.600. The van der Waals surface area contributed by atoms with Crippen molar-refractivity contribution in [2.75, 3.05) is 13.7 Å². The molecular formula is C10H19ClNO-. The van der Waals surface area contributed by atoms with Gasteiger partial charge in [-0.15, -0.1) is 13.2 Å². The number of methoxy groups -OCH3 is 1. The second kappa shape index (κ2) is 8.30. The zero-order valence-corrected chi connectivity index (χ0v) is 9.02. The normalized spacial score (nSPS) is 10.3. The van der Waals surface area contributed by atoms with Crippen LogP contribution in [0.1, 0.15) is 19.3 Å². The predicted molar refractivity (Wildman–Crippen MR) is 53.0 cm³/mol. The van der Waals surface area contributed by atoms with Crippen molar-refractivity contribution in [3.05, 3.63) is 25.3 Å². The maximum atomic E-state index is 6.08. The van der Waals surface area contributed by atoms with E-state index in [1.807, 2.05) is 12.2 Å². The van der Waals surface area contributed by atoms with E-state index >= 15 is 0 Å². The first-order valence-electron chi connectivity index (χ1n) is 4.18. The number of halogens is 1. The first-order valence-corrected chi connectivity index (χ1v) is 4.18. The van der Waals surface area contributed by atoms with Gasteiger partial charge >= 0.3 is 0 Å². The minimum Gasteiger partial charge on any atom is -1.00 e. The van der Waals surface area contributed by atoms with Crippen molar-refractivity contribution >= 4 is 0 Å². The van der Waals surface area contributed by atoms with Crippen molar-refractivity contribution in [2.45, 2.75) is 24.8 Å². The fourth-order valence-electron chi connectivity index (χ4n) is 1.17. The van der Waals surface area contributed by atoms with Gasteiger partial charge in [-0.2, -0.15) is 0 Å². The molecule has 0 radical (unpaired) electrons. The maximum absolute atomic E-state index is 6.08. The van der Waals surface area contributed by atoms with Gasteiger partial charge in [-0.3, -0.25) is 0 Å². The summed E-state index contributed by atoms with van der Waals surface area (Å²) in [5, 5.41) is 0. The molecule has 0 fully saturated rings. The predicted octanol–water partition coefficient (Wildman–Crippen LogP) is -1.12. The zero-order chi connectivity index (χ0) is 9.45. The third-order valence-corrected chi connectivity index (χ3v) is 1.91. The number of ether oxygens (including phenoxy) is 1. The fourth-order valence-corrected chi connectivity index (χ4v) is 1.17. The Morgan fingerprint density at radius 3 is 2.08 bits per heavy atom. The molecule has 0 heterocycles. The lowest BCUT2D eigenvalue weighted by atomic mass is 9.89. The van der Waals surface area contributed by atoms with E-state index in [0.29, 0.717) is 6.61 Å². The largest absolute Gasteiger partial charge is 1.00 e. The van der Waals surface area contributed by atoms with Crippen LogP contribution in [0.2, 0.25) is 0 Å². The molecule has 0 aromatic carbocycles. The van der Waals surface area contributed by atoms with Crippen molar-refractivity contribution in [2.24, 2.45) is 5.73 Å². The van der Waals surface area contributed by atoms with E-state index in [1.165, 1.54) is 0 Å². The second-order valence-electron chi connectivity index (χ2n) is 3.09. The standard InChI is InChI=1S/C10H19NO.ClH/c1-4-6-10(11,7-5-2)8-9-12-3;/h4-5H,1-2,6-9,11H2,3H3;1H/p-1. The monoisotopic (exact) mass is 204 g/mol. The molecule has 2 N–H and O–H groups in total. The third kappa shape index (κ3) is 6.82. The van der Waals surface area contributed by atoms with Gasteiger partial charge in [-0.05, 0) is 19.3 Å². The van der Waals surface area contributed by atoms with Gasteiger partial charge in [-0.1, -0.05) is 12.2 Å². The SMILES string of the molecule is C=CCC(N)(CC=C)CCOC.[Cl-]. The Labute approximate surface area is 87.3 Å². The Morgan fingerprint density at radius 1 is 1.31 bits per heavy atom. The van der Waals surface area contributed by atoms with Gasteiger partial charge in [0.15, 0.2) is 0 Å². The van der Waals surface area contributed by atoms with Crippen LogP contribution in [0, 0.1) is 0 Å². The van der Waals surface area contributed by atoms with E-state index in [2.05, 4.69) is 13.2 Å². The molecule has 0 saturated heterocycles. The topological polar surface area (TPSA) is 35.2 Å². The Balaban J connectivity index is 0. The summed E-state index contributed by atoms with van der Waals surface area (Å²) in [6.07, 6.45) is 6.16. The van der Waals surface area contributed by atoms with Crippen LogP contribution >= 0.6 is 0 Å². The molecule has 0 bridgehead atoms. The van der Waals surface area contributed by atoms with Gasteiger partial charge in [0.25, 0.3) is 0 Å². The Kier molecular flexibility index (Phi) is 9.68. The van der Waals surface area contributed by atoms with E-state index in [9.17, 15) is 0 Å². The smallest absolute Gasteiger partial charge is 0.0479 e. The van der Waals surface area contributed by atoms with E-state index in [-0.39, 0.29) is 17.9 Å². The summed E-state index contributed by atoms with van der Waals surface area (Å²) in [5.74, 6) is 0. The molecule has 0 aliphatic rings. The number of hydrogen-bond acceptors (Lipinski definition) is 2. The van der Waals surface area contributed by atoms with Crippen LogP contribution in [0.5, 0.6) is 0 Å². The van der Waals surface area contributed by atoms with Gasteiger partial charge < -0.3 is 22.9 Å². The van der Waals surface area contributed by atoms with Crippen LogP contribution in [-0.2, 0) is 4.74 Å². The molecular weight excluding hydrogens is 186 g/mol. The van der Waals surface area contributed by atoms with E-state index < -0.39 is 0 Å². The van der Waals surface area contributed by atoms with Crippen molar-refractivity contribution in [1.82, 2.24) is 0 Å². The summed E-state index contributed by atoms with van der Waals surface area (Å²) >= 11 is 0. The highest BCUT2D eigenvalue weighted by Crippen LogP contribution is 2.17. The summed E-state index contributed by atoms with van der Waals surface area (Å²) in [6.45, 7) is 8.05. The Morgan fingerprint density at radius 2 is 1.77 bits per heavy atom. The quantitative estimate of drug-likeness (QED) is 0.534. The summed E-state index contributed by atoms with van der Waals surface area (Å²) in [6, 6.07) is 0. The van der Waals surface area contributed by atoms with Gasteiger partial charge in [0.05, 0.1) is 0 Å². The minimum absolute atomic E-state index is 0. The highest BCUT2D eigenvalue weighted by molar-refractivity contribution is 4.95. The average molecular weight is 205 g/mol. The number of hydrogen-bond donors (Lipinski definition) is 1. The first-order chi connectivity index (χ1) is 5.68. The van der Waals surface area contributed by atoms with Gasteiger partial charge in [0, 0.05) is 19.3 Å². The van der Waals surface area contributed by atoms with Crippen molar-refractivity contribution in [3.8, 4) is 0 Å². The summed E-state index contributed by atoms with van der Waals surface area (Å²) in [4.78, 5) is 0. The third-order valence-electron chi connectivity index (χ3n) is 1.91. The van der Waals surface area contributed by atoms with Crippen LogP contribution in [-0.4, -0.2) is 19.3 Å². The molecule has 0 atom stereocenters. The maximum Gasteiger partial charge on any atom is 0.0479 e. The number of rotatable bonds is 7. The lowest BCUT2D eigenvalue weighted by Crippen LogP contribution is -3.00. The highest BCUT2D eigenvalue weighted by Gasteiger charge is 2.20. The second-order valence-corrected chi connectivity index (χ2v) is 3.09. The van der Waals surface area contributed by atoms with Crippen LogP contribution in [0.15, 0.2) is 25.3 Å². The van der Waals surface area contributed by atoms with Gasteiger partial charge in [-0.25, -0.2) is 0 Å². The van der Waals surface area contributed by atoms with Crippen molar-refractivity contribution in [3.63, 3.8) is 0 Å². The molecule has 0 rings (SSSR count). The average Bonchev–Trinajstić information content (AvgIpc) is 2.02. The first kappa shape index (κ1) is 15.2. The van der Waals surface area contributed by atoms with Crippen LogP contribution in [0.3, 0.4) is 0 Å². The van der Waals surface area contributed by atoms with Gasteiger partial charge in [0.2, 0.25) is 0 Å². The molecule has 0 aliphatic carbocycles. The Hall–Kier alpha value is -0.310. The molecule has 0 spiro atoms. The molecule has 0 aromatic heterocycles. The van der Waals surface area contributed by atoms with Crippen LogP contribution < -0.4 is 18.1 Å². The highest BCUT2D eigenvalue weighted by atomic mass is 35.5. The van der Waals surface area contributed by atoms with Crippen LogP contribution in [0.4, 0.5) is 0 Å². The van der Waals surface area contributed by atoms with Crippen molar-refractivity contribution < 1.29 is 17.1 Å². The molecule has 0 unspecified atom stereocenters. The Bertz CT molecular complexity index is 138. The molecule has 78 valence electrons. The van der Waals surface area contributed by atoms with Crippen molar-refractivity contribution in [1.29, 1.82) is 0 Å². The van der Waals surface area contributed by atoms with E-state index in [0.717, 1.165) is 19.3 Å².